The molecule has 3 rings (SSSR count). The van der Waals surface area contributed by atoms with Crippen LogP contribution in [0.3, 0.4) is 0 Å². The molecule has 1 aliphatic heterocycles. The number of fused-ring (bicyclic) bond motifs is 1. The minimum absolute atomic E-state index is 0.0141. The smallest absolute Gasteiger partial charge is 0.262 e. The Morgan fingerprint density at radius 3 is 3.00 bits per heavy atom. The molecule has 0 saturated heterocycles. The van der Waals surface area contributed by atoms with Gasteiger partial charge in [0.2, 0.25) is 5.91 Å². The van der Waals surface area contributed by atoms with Crippen LogP contribution in [0.1, 0.15) is 19.3 Å². The van der Waals surface area contributed by atoms with E-state index < -0.39 is 0 Å². The molecule has 1 heterocycles. The van der Waals surface area contributed by atoms with E-state index in [9.17, 15) is 9.59 Å². The highest BCUT2D eigenvalue weighted by atomic mass is 16.5. The molecule has 100 valence electrons. The zero-order valence-corrected chi connectivity index (χ0v) is 10.4. The first-order chi connectivity index (χ1) is 9.11. The molecule has 19 heavy (non-hydrogen) atoms. The average molecular weight is 261 g/mol. The summed E-state index contributed by atoms with van der Waals surface area (Å²) in [5.74, 6) is 0.781. The lowest BCUT2D eigenvalue weighted by Gasteiger charge is -2.20. The Morgan fingerprint density at radius 1 is 1.47 bits per heavy atom. The molecule has 0 atom stereocenters. The highest BCUT2D eigenvalue weighted by Crippen LogP contribution is 2.36. The number of hydrogen-bond donors (Lipinski definition) is 3. The zero-order valence-electron chi connectivity index (χ0n) is 10.4. The van der Waals surface area contributed by atoms with Crippen LogP contribution in [-0.4, -0.2) is 18.4 Å². The lowest BCUT2D eigenvalue weighted by molar-refractivity contribution is -0.118. The number of amides is 2. The first kappa shape index (κ1) is 11.8. The molecule has 1 aliphatic carbocycles. The molecule has 6 nitrogen and oxygen atoms in total. The van der Waals surface area contributed by atoms with Crippen LogP contribution < -0.4 is 21.1 Å². The van der Waals surface area contributed by atoms with Crippen LogP contribution in [-0.2, 0) is 9.59 Å². The first-order valence-electron chi connectivity index (χ1n) is 6.28. The van der Waals surface area contributed by atoms with Crippen molar-refractivity contribution in [2.24, 2.45) is 5.92 Å². The molecule has 2 amide bonds. The molecule has 2 aliphatic rings. The molecule has 0 bridgehead atoms. The van der Waals surface area contributed by atoms with Crippen LogP contribution in [0.4, 0.5) is 17.1 Å². The maximum Gasteiger partial charge on any atom is 0.262 e. The van der Waals surface area contributed by atoms with Gasteiger partial charge < -0.3 is 21.1 Å². The van der Waals surface area contributed by atoms with E-state index in [-0.39, 0.29) is 18.4 Å². The van der Waals surface area contributed by atoms with E-state index in [0.29, 0.717) is 35.2 Å². The number of nitrogens with two attached hydrogens (primary N) is 1. The molecule has 4 N–H and O–H groups in total. The number of carbonyl (C=O) groups is 2. The summed E-state index contributed by atoms with van der Waals surface area (Å²) in [6.07, 6.45) is 2.77. The molecule has 1 saturated carbocycles. The third-order valence-corrected chi connectivity index (χ3v) is 3.23. The molecule has 0 aromatic heterocycles. The van der Waals surface area contributed by atoms with Gasteiger partial charge in [0.15, 0.2) is 6.61 Å². The Bertz CT molecular complexity index is 552. The predicted octanol–water partition coefficient (Wildman–Crippen LogP) is 1.34. The normalized spacial score (nSPS) is 17.2. The molecule has 0 radical (unpaired) electrons. The van der Waals surface area contributed by atoms with Gasteiger partial charge in [0.25, 0.3) is 5.91 Å². The van der Waals surface area contributed by atoms with E-state index in [4.69, 9.17) is 10.5 Å². The highest BCUT2D eigenvalue weighted by molar-refractivity contribution is 6.00. The van der Waals surface area contributed by atoms with Gasteiger partial charge in [-0.05, 0) is 24.8 Å². The van der Waals surface area contributed by atoms with Crippen molar-refractivity contribution in [2.45, 2.75) is 19.3 Å². The number of ether oxygens (including phenoxy) is 1. The highest BCUT2D eigenvalue weighted by Gasteiger charge is 2.25. The van der Waals surface area contributed by atoms with Crippen LogP contribution >= 0.6 is 0 Å². The van der Waals surface area contributed by atoms with E-state index in [1.807, 2.05) is 0 Å². The van der Waals surface area contributed by atoms with E-state index in [0.717, 1.165) is 12.8 Å². The van der Waals surface area contributed by atoms with Crippen molar-refractivity contribution in [1.29, 1.82) is 0 Å². The number of rotatable bonds is 3. The number of anilines is 3. The second-order valence-corrected chi connectivity index (χ2v) is 4.97. The van der Waals surface area contributed by atoms with E-state index >= 15 is 0 Å². The third-order valence-electron chi connectivity index (χ3n) is 3.23. The fourth-order valence-corrected chi connectivity index (χ4v) is 2.04. The minimum atomic E-state index is -0.215. The Hall–Kier alpha value is -2.24. The number of hydrogen-bond acceptors (Lipinski definition) is 4. The van der Waals surface area contributed by atoms with E-state index in [2.05, 4.69) is 10.6 Å². The van der Waals surface area contributed by atoms with Gasteiger partial charge in [0.1, 0.15) is 5.75 Å². The van der Waals surface area contributed by atoms with Gasteiger partial charge in [-0.1, -0.05) is 0 Å². The van der Waals surface area contributed by atoms with E-state index in [1.165, 1.54) is 0 Å². The molecule has 1 aromatic carbocycles. The summed E-state index contributed by atoms with van der Waals surface area (Å²) in [4.78, 5) is 23.0. The summed E-state index contributed by atoms with van der Waals surface area (Å²) >= 11 is 0. The van der Waals surface area contributed by atoms with Crippen LogP contribution in [0.15, 0.2) is 12.1 Å². The summed E-state index contributed by atoms with van der Waals surface area (Å²) in [5.41, 5.74) is 7.34. The molecule has 1 aromatic rings. The first-order valence-corrected chi connectivity index (χ1v) is 6.28. The van der Waals surface area contributed by atoms with Crippen molar-refractivity contribution in [3.05, 3.63) is 12.1 Å². The van der Waals surface area contributed by atoms with Crippen molar-refractivity contribution < 1.29 is 14.3 Å². The second-order valence-electron chi connectivity index (χ2n) is 4.97. The van der Waals surface area contributed by atoms with Crippen molar-refractivity contribution in [2.75, 3.05) is 23.0 Å². The number of carbonyl (C=O) groups excluding carboxylic acids is 2. The summed E-state index contributed by atoms with van der Waals surface area (Å²) in [5, 5.41) is 5.46. The number of nitrogens with one attached hydrogen (secondary N) is 2. The standard InChI is InChI=1S/C13H15N3O3/c14-8-4-11-10(16-13(18)6-19-11)5-9(8)15-12(17)3-7-1-2-7/h4-5,7H,1-3,6,14H2,(H,15,17)(H,16,18). The maximum absolute atomic E-state index is 11.8. The molecule has 0 unspecified atom stereocenters. The Balaban J connectivity index is 1.78. The Labute approximate surface area is 110 Å². The van der Waals surface area contributed by atoms with Crippen molar-refractivity contribution in [3.63, 3.8) is 0 Å². The maximum atomic E-state index is 11.8. The predicted molar refractivity (Wildman–Crippen MR) is 70.9 cm³/mol. The fourth-order valence-electron chi connectivity index (χ4n) is 2.04. The number of nitrogen functional groups attached to an aromatic ring is 1. The third kappa shape index (κ3) is 2.62. The van der Waals surface area contributed by atoms with Gasteiger partial charge in [-0.3, -0.25) is 9.59 Å². The fraction of sp³-hybridized carbons (Fsp3) is 0.385. The average Bonchev–Trinajstić information content (AvgIpc) is 3.14. The molecule has 0 spiro atoms. The van der Waals surface area contributed by atoms with Gasteiger partial charge in [-0.15, -0.1) is 0 Å². The van der Waals surface area contributed by atoms with E-state index in [1.54, 1.807) is 12.1 Å². The van der Waals surface area contributed by atoms with Gasteiger partial charge in [0.05, 0.1) is 17.1 Å². The number of benzene rings is 1. The van der Waals surface area contributed by atoms with Crippen molar-refractivity contribution in [1.82, 2.24) is 0 Å². The summed E-state index contributed by atoms with van der Waals surface area (Å²) in [6.45, 7) is -0.0141. The van der Waals surface area contributed by atoms with Crippen molar-refractivity contribution >= 4 is 28.9 Å². The van der Waals surface area contributed by atoms with Crippen LogP contribution in [0.2, 0.25) is 0 Å². The van der Waals surface area contributed by atoms with Gasteiger partial charge >= 0.3 is 0 Å². The summed E-state index contributed by atoms with van der Waals surface area (Å²) < 4.78 is 5.25. The topological polar surface area (TPSA) is 93.5 Å². The summed E-state index contributed by atoms with van der Waals surface area (Å²) in [7, 11) is 0. The SMILES string of the molecule is Nc1cc2c(cc1NC(=O)CC1CC1)NC(=O)CO2. The van der Waals surface area contributed by atoms with Crippen molar-refractivity contribution in [3.8, 4) is 5.75 Å². The second kappa shape index (κ2) is 4.46. The van der Waals surface area contributed by atoms with Gasteiger partial charge in [0, 0.05) is 12.5 Å². The monoisotopic (exact) mass is 261 g/mol. The molecule has 1 fully saturated rings. The van der Waals surface area contributed by atoms with Crippen LogP contribution in [0.25, 0.3) is 0 Å². The quantitative estimate of drug-likeness (QED) is 0.716. The Morgan fingerprint density at radius 2 is 2.26 bits per heavy atom. The largest absolute Gasteiger partial charge is 0.482 e. The van der Waals surface area contributed by atoms with Gasteiger partial charge in [-0.25, -0.2) is 0 Å². The van der Waals surface area contributed by atoms with Crippen LogP contribution in [0, 0.1) is 5.92 Å². The molecule has 6 heteroatoms. The summed E-state index contributed by atoms with van der Waals surface area (Å²) in [6, 6.07) is 3.24. The Kier molecular flexibility index (Phi) is 2.77. The van der Waals surface area contributed by atoms with Crippen LogP contribution in [0.5, 0.6) is 5.75 Å². The minimum Gasteiger partial charge on any atom is -0.482 e. The molecular formula is C13H15N3O3. The zero-order chi connectivity index (χ0) is 13.4. The van der Waals surface area contributed by atoms with Gasteiger partial charge in [-0.2, -0.15) is 0 Å². The lowest BCUT2D eigenvalue weighted by Crippen LogP contribution is -2.25. The lowest BCUT2D eigenvalue weighted by atomic mass is 10.2. The molecular weight excluding hydrogens is 246 g/mol.